The third-order valence-electron chi connectivity index (χ3n) is 6.45. The van der Waals surface area contributed by atoms with Gasteiger partial charge in [-0.05, 0) is 49.8 Å². The van der Waals surface area contributed by atoms with Gasteiger partial charge in [-0.3, -0.25) is 0 Å². The number of fused-ring (bicyclic) bond motifs is 1. The van der Waals surface area contributed by atoms with E-state index >= 15 is 0 Å². The molecule has 1 fully saturated rings. The van der Waals surface area contributed by atoms with Crippen molar-refractivity contribution in [1.29, 1.82) is 0 Å². The van der Waals surface area contributed by atoms with E-state index in [1.54, 1.807) is 0 Å². The predicted molar refractivity (Wildman–Crippen MR) is 112 cm³/mol. The van der Waals surface area contributed by atoms with Crippen molar-refractivity contribution in [3.8, 4) is 0 Å². The van der Waals surface area contributed by atoms with Crippen LogP contribution < -0.4 is 4.90 Å². The lowest BCUT2D eigenvalue weighted by atomic mass is 9.96. The van der Waals surface area contributed by atoms with Gasteiger partial charge in [-0.2, -0.15) is 0 Å². The molecule has 2 heteroatoms. The number of allylic oxidation sites excluding steroid dienone is 2. The van der Waals surface area contributed by atoms with Crippen LogP contribution in [0.1, 0.15) is 51.0 Å². The molecule has 2 aliphatic heterocycles. The Bertz CT molecular complexity index is 942. The molecular formula is C25H28N2. The molecule has 2 atom stereocenters. The minimum Gasteiger partial charge on any atom is -0.328 e. The Kier molecular flexibility index (Phi) is 3.80. The fourth-order valence-corrected chi connectivity index (χ4v) is 5.19. The highest BCUT2D eigenvalue weighted by molar-refractivity contribution is 5.63. The molecular weight excluding hydrogens is 328 g/mol. The molecule has 0 amide bonds. The number of nitrogens with zero attached hydrogens (tertiary/aromatic N) is 2. The van der Waals surface area contributed by atoms with Gasteiger partial charge in [0.05, 0.1) is 5.70 Å². The first-order valence-electron chi connectivity index (χ1n) is 10.7. The second kappa shape index (κ2) is 6.60. The molecule has 0 bridgehead atoms. The Hall–Kier alpha value is -2.48. The van der Waals surface area contributed by atoms with Crippen molar-refractivity contribution in [3.05, 3.63) is 89.4 Å². The van der Waals surface area contributed by atoms with E-state index in [-0.39, 0.29) is 6.17 Å². The summed E-state index contributed by atoms with van der Waals surface area (Å²) in [7, 11) is 0. The first-order chi connectivity index (χ1) is 13.6. The molecule has 0 N–H and O–H groups in total. The summed E-state index contributed by atoms with van der Waals surface area (Å²) in [5, 5.41) is 0. The maximum atomic E-state index is 9.43. The first-order valence-corrected chi connectivity index (χ1v) is 10.2. The van der Waals surface area contributed by atoms with Crippen molar-refractivity contribution in [1.82, 2.24) is 4.90 Å². The van der Waals surface area contributed by atoms with E-state index in [0.29, 0.717) is 5.92 Å². The maximum Gasteiger partial charge on any atom is 0.113 e. The van der Waals surface area contributed by atoms with Gasteiger partial charge in [-0.1, -0.05) is 67.4 Å². The fourth-order valence-electron chi connectivity index (χ4n) is 5.19. The SMILES string of the molecule is [2H]C1(c2ccccc2)C=CN2C1=C(C)N(c1ccccc1C)C2C1CCCC1. The van der Waals surface area contributed by atoms with E-state index in [1.807, 2.05) is 18.2 Å². The van der Waals surface area contributed by atoms with Gasteiger partial charge in [0.25, 0.3) is 0 Å². The minimum absolute atomic E-state index is 0.283. The lowest BCUT2D eigenvalue weighted by Crippen LogP contribution is -2.43. The number of hydrogen-bond donors (Lipinski definition) is 0. The largest absolute Gasteiger partial charge is 0.328 e. The zero-order valence-corrected chi connectivity index (χ0v) is 16.2. The Labute approximate surface area is 164 Å². The molecule has 2 heterocycles. The summed E-state index contributed by atoms with van der Waals surface area (Å²) in [5.74, 6) is -0.186. The van der Waals surface area contributed by atoms with Crippen LogP contribution >= 0.6 is 0 Å². The quantitative estimate of drug-likeness (QED) is 0.647. The van der Waals surface area contributed by atoms with Gasteiger partial charge >= 0.3 is 0 Å². The molecule has 3 aliphatic rings. The molecule has 0 spiro atoms. The molecule has 0 aromatic heterocycles. The summed E-state index contributed by atoms with van der Waals surface area (Å²) >= 11 is 0. The topological polar surface area (TPSA) is 6.48 Å². The zero-order chi connectivity index (χ0) is 19.3. The Morgan fingerprint density at radius 3 is 2.37 bits per heavy atom. The van der Waals surface area contributed by atoms with Crippen LogP contribution in [0.3, 0.4) is 0 Å². The van der Waals surface area contributed by atoms with Crippen LogP contribution in [-0.4, -0.2) is 11.1 Å². The summed E-state index contributed by atoms with van der Waals surface area (Å²) in [6, 6.07) is 19.0. The number of aryl methyl sites for hydroxylation is 1. The van der Waals surface area contributed by atoms with Crippen LogP contribution in [0.5, 0.6) is 0 Å². The van der Waals surface area contributed by atoms with Gasteiger partial charge in [0.15, 0.2) is 0 Å². The van der Waals surface area contributed by atoms with Crippen molar-refractivity contribution in [2.45, 2.75) is 51.6 Å². The van der Waals surface area contributed by atoms with Gasteiger partial charge in [0.1, 0.15) is 6.17 Å². The number of hydrogen-bond acceptors (Lipinski definition) is 2. The standard InChI is InChI=1S/C25H28N2/c1-18-10-6-9-15-23(18)27-19(2)24-22(20-11-4-3-5-12-20)16-17-26(24)25(27)21-13-7-8-14-21/h3-6,9-12,15-17,21-22,25H,7-8,13-14H2,1-2H3/i22D. The molecule has 0 saturated heterocycles. The first kappa shape index (κ1) is 15.6. The van der Waals surface area contributed by atoms with Crippen LogP contribution in [0, 0.1) is 12.8 Å². The molecule has 1 saturated carbocycles. The normalized spacial score (nSPS) is 28.2. The van der Waals surface area contributed by atoms with E-state index in [0.717, 1.165) is 11.3 Å². The smallest absolute Gasteiger partial charge is 0.113 e. The minimum atomic E-state index is -0.820. The molecule has 2 aromatic carbocycles. The van der Waals surface area contributed by atoms with Crippen molar-refractivity contribution in [2.24, 2.45) is 5.92 Å². The van der Waals surface area contributed by atoms with E-state index in [9.17, 15) is 1.37 Å². The van der Waals surface area contributed by atoms with Gasteiger partial charge < -0.3 is 9.80 Å². The highest BCUT2D eigenvalue weighted by Crippen LogP contribution is 2.49. The van der Waals surface area contributed by atoms with Crippen molar-refractivity contribution >= 4 is 5.69 Å². The third-order valence-corrected chi connectivity index (χ3v) is 6.45. The second-order valence-electron chi connectivity index (χ2n) is 8.05. The highest BCUT2D eigenvalue weighted by atomic mass is 15.4. The summed E-state index contributed by atoms with van der Waals surface area (Å²) < 4.78 is 9.43. The van der Waals surface area contributed by atoms with Crippen molar-refractivity contribution < 1.29 is 1.37 Å². The number of para-hydroxylation sites is 1. The van der Waals surface area contributed by atoms with Crippen LogP contribution in [0.2, 0.25) is 0 Å². The van der Waals surface area contributed by atoms with E-state index in [4.69, 9.17) is 0 Å². The van der Waals surface area contributed by atoms with Gasteiger partial charge in [-0.25, -0.2) is 0 Å². The van der Waals surface area contributed by atoms with Gasteiger partial charge in [-0.15, -0.1) is 0 Å². The van der Waals surface area contributed by atoms with Gasteiger partial charge in [0.2, 0.25) is 0 Å². The van der Waals surface area contributed by atoms with Crippen LogP contribution in [-0.2, 0) is 0 Å². The molecule has 5 rings (SSSR count). The molecule has 2 unspecified atom stereocenters. The average molecular weight is 358 g/mol. The Balaban J connectivity index is 1.66. The number of rotatable bonds is 3. The molecule has 2 nitrogen and oxygen atoms in total. The molecule has 1 aliphatic carbocycles. The monoisotopic (exact) mass is 357 g/mol. The Morgan fingerprint density at radius 2 is 1.63 bits per heavy atom. The van der Waals surface area contributed by atoms with Crippen LogP contribution in [0.25, 0.3) is 0 Å². The lowest BCUT2D eigenvalue weighted by Gasteiger charge is -2.37. The van der Waals surface area contributed by atoms with E-state index < -0.39 is 5.89 Å². The second-order valence-corrected chi connectivity index (χ2v) is 8.05. The zero-order valence-electron chi connectivity index (χ0n) is 17.2. The average Bonchev–Trinajstić information content (AvgIpc) is 3.42. The summed E-state index contributed by atoms with van der Waals surface area (Å²) in [5.41, 5.74) is 5.96. The highest BCUT2D eigenvalue weighted by Gasteiger charge is 2.45. The lowest BCUT2D eigenvalue weighted by molar-refractivity contribution is 0.270. The number of anilines is 1. The van der Waals surface area contributed by atoms with E-state index in [1.165, 1.54) is 42.6 Å². The molecule has 27 heavy (non-hydrogen) atoms. The molecule has 0 radical (unpaired) electrons. The molecule has 2 aromatic rings. The van der Waals surface area contributed by atoms with Crippen molar-refractivity contribution in [2.75, 3.05) is 4.90 Å². The summed E-state index contributed by atoms with van der Waals surface area (Å²) in [4.78, 5) is 4.94. The summed E-state index contributed by atoms with van der Waals surface area (Å²) in [6.07, 6.45) is 9.73. The predicted octanol–water partition coefficient (Wildman–Crippen LogP) is 6.18. The Morgan fingerprint density at radius 1 is 0.926 bits per heavy atom. The molecule has 138 valence electrons. The van der Waals surface area contributed by atoms with Gasteiger partial charge in [0, 0.05) is 24.8 Å². The fraction of sp³-hybridized carbons (Fsp3) is 0.360. The van der Waals surface area contributed by atoms with Crippen LogP contribution in [0.15, 0.2) is 78.3 Å². The maximum absolute atomic E-state index is 9.43. The summed E-state index contributed by atoms with van der Waals surface area (Å²) in [6.45, 7) is 4.41. The number of benzene rings is 2. The van der Waals surface area contributed by atoms with Crippen LogP contribution in [0.4, 0.5) is 5.69 Å². The third kappa shape index (κ3) is 2.62. The van der Waals surface area contributed by atoms with Crippen molar-refractivity contribution in [3.63, 3.8) is 0 Å². The van der Waals surface area contributed by atoms with E-state index in [2.05, 4.69) is 72.3 Å².